The lowest BCUT2D eigenvalue weighted by molar-refractivity contribution is 1.17. The van der Waals surface area contributed by atoms with Gasteiger partial charge in [0.15, 0.2) is 0 Å². The summed E-state index contributed by atoms with van der Waals surface area (Å²) in [5, 5.41) is 7.83. The summed E-state index contributed by atoms with van der Waals surface area (Å²) in [6.07, 6.45) is 0. The van der Waals surface area contributed by atoms with Crippen LogP contribution in [0.3, 0.4) is 0 Å². The van der Waals surface area contributed by atoms with Crippen molar-refractivity contribution in [1.29, 1.82) is 0 Å². The molecule has 10 rings (SSSR count). The molecule has 220 valence electrons. The molecule has 3 heteroatoms. The molecule has 0 radical (unpaired) electrons. The molecule has 0 spiro atoms. The van der Waals surface area contributed by atoms with Crippen LogP contribution >= 0.6 is 11.3 Å². The largest absolute Gasteiger partial charge is 0.310 e. The van der Waals surface area contributed by atoms with Crippen LogP contribution in [0.15, 0.2) is 170 Å². The molecule has 2 heterocycles. The standard InChI is InChI=1S/C44H28N2S/c1-2-9-29(10-3-1)30-21-23-33(24-22-30)45(36-25-26-38-37-15-4-5-18-41(37)47-42(38)28-36)34-13-8-14-35(27-34)46-39-16-6-11-31-19-20-32-12-7-17-40(46)44(32)43(31)39/h1-28H. The van der Waals surface area contributed by atoms with Gasteiger partial charge in [0.05, 0.1) is 11.0 Å². The highest BCUT2D eigenvalue weighted by atomic mass is 32.1. The average Bonchev–Trinajstić information content (AvgIpc) is 3.68. The lowest BCUT2D eigenvalue weighted by atomic mass is 10.0. The zero-order valence-corrected chi connectivity index (χ0v) is 26.3. The number of thiophene rings is 1. The molecule has 0 aliphatic carbocycles. The first kappa shape index (κ1) is 26.3. The number of benzene rings is 8. The minimum atomic E-state index is 1.12. The van der Waals surface area contributed by atoms with Crippen LogP contribution in [0.2, 0.25) is 0 Å². The molecule has 0 atom stereocenters. The van der Waals surface area contributed by atoms with Crippen molar-refractivity contribution in [3.05, 3.63) is 170 Å². The van der Waals surface area contributed by atoms with E-state index in [2.05, 4.69) is 179 Å². The summed E-state index contributed by atoms with van der Waals surface area (Å²) < 4.78 is 5.04. The molecule has 2 aromatic heterocycles. The van der Waals surface area contributed by atoms with E-state index >= 15 is 0 Å². The Labute approximate surface area is 276 Å². The van der Waals surface area contributed by atoms with Crippen LogP contribution in [-0.2, 0) is 0 Å². The number of anilines is 3. The van der Waals surface area contributed by atoms with Gasteiger partial charge in [0.25, 0.3) is 0 Å². The van der Waals surface area contributed by atoms with E-state index in [1.165, 1.54) is 63.9 Å². The molecule has 0 unspecified atom stereocenters. The second-order valence-electron chi connectivity index (χ2n) is 12.2. The van der Waals surface area contributed by atoms with Gasteiger partial charge in [0.1, 0.15) is 0 Å². The molecular weight excluding hydrogens is 589 g/mol. The van der Waals surface area contributed by atoms with E-state index in [0.717, 1.165) is 22.7 Å². The Kier molecular flexibility index (Phi) is 5.78. The molecule has 0 aliphatic rings. The molecule has 0 aliphatic heterocycles. The van der Waals surface area contributed by atoms with E-state index in [1.807, 2.05) is 11.3 Å². The van der Waals surface area contributed by atoms with Crippen LogP contribution in [0, 0.1) is 0 Å². The van der Waals surface area contributed by atoms with Gasteiger partial charge in [-0.05, 0) is 82.6 Å². The minimum Gasteiger partial charge on any atom is -0.310 e. The molecular formula is C44H28N2S. The second-order valence-corrected chi connectivity index (χ2v) is 13.3. The summed E-state index contributed by atoms with van der Waals surface area (Å²) in [6, 6.07) is 62.0. The minimum absolute atomic E-state index is 1.12. The van der Waals surface area contributed by atoms with E-state index in [4.69, 9.17) is 0 Å². The highest BCUT2D eigenvalue weighted by Gasteiger charge is 2.19. The maximum absolute atomic E-state index is 2.43. The number of fused-ring (bicyclic) bond motifs is 3. The van der Waals surface area contributed by atoms with Crippen molar-refractivity contribution in [2.75, 3.05) is 4.90 Å². The lowest BCUT2D eigenvalue weighted by Crippen LogP contribution is -2.10. The fourth-order valence-corrected chi connectivity index (χ4v) is 8.54. The maximum atomic E-state index is 2.43. The third-order valence-electron chi connectivity index (χ3n) is 9.52. The van der Waals surface area contributed by atoms with Gasteiger partial charge in [-0.25, -0.2) is 0 Å². The molecule has 0 saturated carbocycles. The van der Waals surface area contributed by atoms with Gasteiger partial charge in [0.2, 0.25) is 0 Å². The average molecular weight is 617 g/mol. The fraction of sp³-hybridized carbons (Fsp3) is 0. The van der Waals surface area contributed by atoms with Crippen molar-refractivity contribution in [2.24, 2.45) is 0 Å². The molecule has 0 amide bonds. The maximum Gasteiger partial charge on any atom is 0.0547 e. The first-order valence-electron chi connectivity index (χ1n) is 16.0. The number of nitrogens with zero attached hydrogens (tertiary/aromatic N) is 2. The summed E-state index contributed by atoms with van der Waals surface area (Å²) in [7, 11) is 0. The van der Waals surface area contributed by atoms with Gasteiger partial charge in [-0.1, -0.05) is 109 Å². The Balaban J connectivity index is 1.18. The molecule has 0 bridgehead atoms. The third-order valence-corrected chi connectivity index (χ3v) is 10.7. The molecule has 10 aromatic rings. The molecule has 0 N–H and O–H groups in total. The molecule has 8 aromatic carbocycles. The SMILES string of the molecule is c1ccc(-c2ccc(N(c3cccc(-n4c5cccc6ccc7cccc4c7c65)c3)c3ccc4c(c3)sc3ccccc34)cc2)cc1. The van der Waals surface area contributed by atoms with Gasteiger partial charge in [-0.3, -0.25) is 0 Å². The van der Waals surface area contributed by atoms with Crippen molar-refractivity contribution in [3.63, 3.8) is 0 Å². The molecule has 47 heavy (non-hydrogen) atoms. The Morgan fingerprint density at radius 3 is 1.79 bits per heavy atom. The topological polar surface area (TPSA) is 8.17 Å². The van der Waals surface area contributed by atoms with E-state index in [1.54, 1.807) is 0 Å². The van der Waals surface area contributed by atoms with Crippen LogP contribution in [0.4, 0.5) is 17.1 Å². The Morgan fingerprint density at radius 2 is 1.02 bits per heavy atom. The van der Waals surface area contributed by atoms with Crippen LogP contribution in [0.5, 0.6) is 0 Å². The predicted octanol–water partition coefficient (Wildman–Crippen LogP) is 12.9. The van der Waals surface area contributed by atoms with E-state index < -0.39 is 0 Å². The van der Waals surface area contributed by atoms with Crippen molar-refractivity contribution in [2.45, 2.75) is 0 Å². The quantitative estimate of drug-likeness (QED) is 0.175. The van der Waals surface area contributed by atoms with Crippen molar-refractivity contribution in [3.8, 4) is 16.8 Å². The Morgan fingerprint density at radius 1 is 0.404 bits per heavy atom. The first-order valence-corrected chi connectivity index (χ1v) is 16.8. The lowest BCUT2D eigenvalue weighted by Gasteiger charge is -2.26. The van der Waals surface area contributed by atoms with Gasteiger partial charge >= 0.3 is 0 Å². The smallest absolute Gasteiger partial charge is 0.0547 e. The zero-order valence-electron chi connectivity index (χ0n) is 25.5. The van der Waals surface area contributed by atoms with E-state index in [9.17, 15) is 0 Å². The number of rotatable bonds is 5. The van der Waals surface area contributed by atoms with Crippen molar-refractivity contribution in [1.82, 2.24) is 4.57 Å². The van der Waals surface area contributed by atoms with E-state index in [-0.39, 0.29) is 0 Å². The normalized spacial score (nSPS) is 11.8. The first-order chi connectivity index (χ1) is 23.3. The molecule has 0 saturated heterocycles. The summed E-state index contributed by atoms with van der Waals surface area (Å²) in [4.78, 5) is 2.40. The molecule has 0 fully saturated rings. The van der Waals surface area contributed by atoms with Crippen molar-refractivity contribution >= 4 is 81.1 Å². The number of aromatic nitrogens is 1. The summed E-state index contributed by atoms with van der Waals surface area (Å²) in [6.45, 7) is 0. The monoisotopic (exact) mass is 616 g/mol. The van der Waals surface area contributed by atoms with Gasteiger partial charge in [-0.2, -0.15) is 0 Å². The van der Waals surface area contributed by atoms with Crippen LogP contribution in [-0.4, -0.2) is 4.57 Å². The predicted molar refractivity (Wildman–Crippen MR) is 202 cm³/mol. The van der Waals surface area contributed by atoms with E-state index in [0.29, 0.717) is 0 Å². The molecule has 2 nitrogen and oxygen atoms in total. The van der Waals surface area contributed by atoms with Crippen molar-refractivity contribution < 1.29 is 0 Å². The zero-order chi connectivity index (χ0) is 30.9. The third kappa shape index (κ3) is 4.10. The summed E-state index contributed by atoms with van der Waals surface area (Å²) in [5.41, 5.74) is 9.42. The summed E-state index contributed by atoms with van der Waals surface area (Å²) in [5.74, 6) is 0. The second kappa shape index (κ2) is 10.3. The van der Waals surface area contributed by atoms with Gasteiger partial charge in [0, 0.05) is 53.7 Å². The van der Waals surface area contributed by atoms with Gasteiger partial charge < -0.3 is 9.47 Å². The van der Waals surface area contributed by atoms with Crippen LogP contribution in [0.1, 0.15) is 0 Å². The Bertz CT molecular complexity index is 2670. The van der Waals surface area contributed by atoms with Crippen LogP contribution in [0.25, 0.3) is 69.6 Å². The number of hydrogen-bond donors (Lipinski definition) is 0. The summed E-state index contributed by atoms with van der Waals surface area (Å²) >= 11 is 1.86. The number of hydrogen-bond acceptors (Lipinski definition) is 2. The van der Waals surface area contributed by atoms with Gasteiger partial charge in [-0.15, -0.1) is 11.3 Å². The van der Waals surface area contributed by atoms with Crippen LogP contribution < -0.4 is 4.90 Å². The fourth-order valence-electron chi connectivity index (χ4n) is 7.40. The highest BCUT2D eigenvalue weighted by molar-refractivity contribution is 7.25. The highest BCUT2D eigenvalue weighted by Crippen LogP contribution is 2.43. The Hall–Kier alpha value is -5.90.